The van der Waals surface area contributed by atoms with Crippen LogP contribution >= 0.6 is 0 Å². The molecule has 0 radical (unpaired) electrons. The van der Waals surface area contributed by atoms with E-state index in [-0.39, 0.29) is 0 Å². The molecule has 30 heavy (non-hydrogen) atoms. The number of aromatic nitrogens is 4. The molecule has 8 heteroatoms. The standard InChI is InChI=1S/C22H29N5O2Si/c1-26-13-17(16-10-15(28-2)6-7-19(16)26)20-11-18-22(24-12-21(23)25-18)27(20)14-29-8-9-30(3,4)5/h6-7,10-13H,8-9,14H2,1-5H3,(H2,23,25). The number of aryl methyl sites for hydroxylation is 1. The summed E-state index contributed by atoms with van der Waals surface area (Å²) in [5.74, 6) is 1.23. The van der Waals surface area contributed by atoms with Crippen molar-refractivity contribution in [1.82, 2.24) is 19.1 Å². The van der Waals surface area contributed by atoms with Gasteiger partial charge in [0.15, 0.2) is 5.65 Å². The van der Waals surface area contributed by atoms with Gasteiger partial charge in [-0.15, -0.1) is 0 Å². The Morgan fingerprint density at radius 1 is 1.17 bits per heavy atom. The summed E-state index contributed by atoms with van der Waals surface area (Å²) in [6.07, 6.45) is 3.72. The van der Waals surface area contributed by atoms with Gasteiger partial charge >= 0.3 is 0 Å². The van der Waals surface area contributed by atoms with E-state index < -0.39 is 8.07 Å². The Morgan fingerprint density at radius 2 is 1.97 bits per heavy atom. The molecule has 4 aromatic rings. The molecule has 7 nitrogen and oxygen atoms in total. The van der Waals surface area contributed by atoms with Crippen molar-refractivity contribution in [3.63, 3.8) is 0 Å². The van der Waals surface area contributed by atoms with Crippen LogP contribution in [0.3, 0.4) is 0 Å². The van der Waals surface area contributed by atoms with Crippen molar-refractivity contribution in [1.29, 1.82) is 0 Å². The summed E-state index contributed by atoms with van der Waals surface area (Å²) in [7, 11) is 2.57. The summed E-state index contributed by atoms with van der Waals surface area (Å²) in [6.45, 7) is 8.21. The average molecular weight is 424 g/mol. The van der Waals surface area contributed by atoms with Crippen LogP contribution in [-0.4, -0.2) is 40.9 Å². The van der Waals surface area contributed by atoms with Gasteiger partial charge in [0.1, 0.15) is 23.8 Å². The van der Waals surface area contributed by atoms with Gasteiger partial charge in [0.25, 0.3) is 0 Å². The number of ether oxygens (including phenoxy) is 2. The molecule has 0 saturated carbocycles. The fourth-order valence-electron chi connectivity index (χ4n) is 3.63. The van der Waals surface area contributed by atoms with Crippen molar-refractivity contribution in [2.75, 3.05) is 19.5 Å². The van der Waals surface area contributed by atoms with E-state index in [9.17, 15) is 0 Å². The minimum absolute atomic E-state index is 0.408. The number of methoxy groups -OCH3 is 1. The zero-order valence-corrected chi connectivity index (χ0v) is 19.3. The van der Waals surface area contributed by atoms with Crippen molar-refractivity contribution in [2.24, 2.45) is 7.05 Å². The lowest BCUT2D eigenvalue weighted by Gasteiger charge is -2.16. The highest BCUT2D eigenvalue weighted by Gasteiger charge is 2.19. The first kappa shape index (κ1) is 20.4. The number of hydrogen-bond acceptors (Lipinski definition) is 5. The highest BCUT2D eigenvalue weighted by Crippen LogP contribution is 2.35. The normalized spacial score (nSPS) is 12.2. The van der Waals surface area contributed by atoms with Crippen LogP contribution in [-0.2, 0) is 18.5 Å². The van der Waals surface area contributed by atoms with Gasteiger partial charge in [0.05, 0.1) is 19.0 Å². The molecule has 158 valence electrons. The zero-order chi connectivity index (χ0) is 21.5. The Bertz CT molecular complexity index is 1210. The molecule has 2 N–H and O–H groups in total. The van der Waals surface area contributed by atoms with E-state index in [1.807, 2.05) is 19.2 Å². The topological polar surface area (TPSA) is 80.1 Å². The third kappa shape index (κ3) is 3.93. The monoisotopic (exact) mass is 423 g/mol. The van der Waals surface area contributed by atoms with Crippen LogP contribution in [0, 0.1) is 0 Å². The number of nitrogens with zero attached hydrogens (tertiary/aromatic N) is 4. The largest absolute Gasteiger partial charge is 0.497 e. The fraction of sp³-hybridized carbons (Fsp3) is 0.364. The molecule has 0 unspecified atom stereocenters. The molecule has 0 saturated heterocycles. The number of nitrogen functional groups attached to an aromatic ring is 1. The van der Waals surface area contributed by atoms with Crippen molar-refractivity contribution in [3.8, 4) is 17.0 Å². The number of anilines is 1. The van der Waals surface area contributed by atoms with Crippen molar-refractivity contribution in [2.45, 2.75) is 32.4 Å². The average Bonchev–Trinajstić information content (AvgIpc) is 3.21. The molecule has 0 fully saturated rings. The minimum Gasteiger partial charge on any atom is -0.497 e. The Hall–Kier alpha value is -2.84. The van der Waals surface area contributed by atoms with Crippen LogP contribution in [0.5, 0.6) is 5.75 Å². The molecule has 0 aliphatic rings. The number of nitrogens with two attached hydrogens (primary N) is 1. The SMILES string of the molecule is COc1ccc2c(c1)c(-c1cc3nc(N)cnc3n1COCC[Si](C)(C)C)cn2C. The molecule has 1 aromatic carbocycles. The zero-order valence-electron chi connectivity index (χ0n) is 18.3. The number of rotatable bonds is 7. The van der Waals surface area contributed by atoms with Crippen LogP contribution in [0.1, 0.15) is 0 Å². The van der Waals surface area contributed by atoms with E-state index >= 15 is 0 Å². The second-order valence-corrected chi connectivity index (χ2v) is 14.5. The Kier molecular flexibility index (Phi) is 5.29. The first-order chi connectivity index (χ1) is 14.3. The second kappa shape index (κ2) is 7.77. The Morgan fingerprint density at radius 3 is 2.70 bits per heavy atom. The molecule has 3 heterocycles. The van der Waals surface area contributed by atoms with Crippen LogP contribution in [0.4, 0.5) is 5.82 Å². The molecule has 0 aliphatic carbocycles. The third-order valence-electron chi connectivity index (χ3n) is 5.31. The third-order valence-corrected chi connectivity index (χ3v) is 7.01. The molecule has 3 aromatic heterocycles. The van der Waals surface area contributed by atoms with Crippen LogP contribution < -0.4 is 10.5 Å². The highest BCUT2D eigenvalue weighted by atomic mass is 28.3. The molecular formula is C22H29N5O2Si. The molecule has 0 amide bonds. The maximum absolute atomic E-state index is 6.09. The fourth-order valence-corrected chi connectivity index (χ4v) is 4.38. The summed E-state index contributed by atoms with van der Waals surface area (Å²) < 4.78 is 15.7. The van der Waals surface area contributed by atoms with Gasteiger partial charge in [-0.05, 0) is 30.3 Å². The summed E-state index contributed by atoms with van der Waals surface area (Å²) in [5, 5.41) is 1.11. The second-order valence-electron chi connectivity index (χ2n) is 8.85. The molecule has 0 spiro atoms. The van der Waals surface area contributed by atoms with Gasteiger partial charge in [-0.1, -0.05) is 19.6 Å². The molecular weight excluding hydrogens is 394 g/mol. The molecule has 0 atom stereocenters. The van der Waals surface area contributed by atoms with Gasteiger partial charge in [0.2, 0.25) is 0 Å². The van der Waals surface area contributed by atoms with E-state index in [2.05, 4.69) is 57.1 Å². The lowest BCUT2D eigenvalue weighted by Crippen LogP contribution is -2.22. The lowest BCUT2D eigenvalue weighted by atomic mass is 10.1. The number of fused-ring (bicyclic) bond motifs is 2. The summed E-state index contributed by atoms with van der Waals surface area (Å²) in [6, 6.07) is 9.27. The van der Waals surface area contributed by atoms with Crippen molar-refractivity contribution in [3.05, 3.63) is 36.7 Å². The summed E-state index contributed by atoms with van der Waals surface area (Å²) in [5.41, 5.74) is 10.6. The smallest absolute Gasteiger partial charge is 0.161 e. The molecule has 4 rings (SSSR count). The quantitative estimate of drug-likeness (QED) is 0.350. The van der Waals surface area contributed by atoms with E-state index in [0.29, 0.717) is 12.5 Å². The van der Waals surface area contributed by atoms with E-state index in [4.69, 9.17) is 15.2 Å². The van der Waals surface area contributed by atoms with Crippen molar-refractivity contribution < 1.29 is 9.47 Å². The van der Waals surface area contributed by atoms with E-state index in [0.717, 1.165) is 51.7 Å². The minimum atomic E-state index is -1.16. The summed E-state index contributed by atoms with van der Waals surface area (Å²) in [4.78, 5) is 9.03. The predicted molar refractivity (Wildman–Crippen MR) is 125 cm³/mol. The van der Waals surface area contributed by atoms with Gasteiger partial charge in [0, 0.05) is 44.4 Å². The maximum Gasteiger partial charge on any atom is 0.161 e. The van der Waals surface area contributed by atoms with Gasteiger partial charge in [-0.3, -0.25) is 4.57 Å². The van der Waals surface area contributed by atoms with E-state index in [1.165, 1.54) is 0 Å². The first-order valence-electron chi connectivity index (χ1n) is 10.1. The first-order valence-corrected chi connectivity index (χ1v) is 13.8. The lowest BCUT2D eigenvalue weighted by molar-refractivity contribution is 0.0909. The van der Waals surface area contributed by atoms with Gasteiger partial charge in [-0.2, -0.15) is 0 Å². The maximum atomic E-state index is 6.09. The van der Waals surface area contributed by atoms with Crippen LogP contribution in [0.15, 0.2) is 36.7 Å². The summed E-state index contributed by atoms with van der Waals surface area (Å²) >= 11 is 0. The molecule has 0 bridgehead atoms. The Labute approximate surface area is 177 Å². The number of benzene rings is 1. The highest BCUT2D eigenvalue weighted by molar-refractivity contribution is 6.76. The number of hydrogen-bond donors (Lipinski definition) is 1. The van der Waals surface area contributed by atoms with Gasteiger partial charge in [-0.25, -0.2) is 9.97 Å². The molecule has 0 aliphatic heterocycles. The predicted octanol–water partition coefficient (Wildman–Crippen LogP) is 4.49. The van der Waals surface area contributed by atoms with Crippen LogP contribution in [0.25, 0.3) is 33.3 Å². The van der Waals surface area contributed by atoms with Gasteiger partial charge < -0.3 is 19.8 Å². The van der Waals surface area contributed by atoms with E-state index in [1.54, 1.807) is 13.3 Å². The van der Waals surface area contributed by atoms with Crippen molar-refractivity contribution >= 4 is 36.0 Å². The van der Waals surface area contributed by atoms with Crippen LogP contribution in [0.2, 0.25) is 25.7 Å². The Balaban J connectivity index is 1.81.